The van der Waals surface area contributed by atoms with Gasteiger partial charge in [0.15, 0.2) is 0 Å². The second kappa shape index (κ2) is 5.97. The number of rotatable bonds is 5. The summed E-state index contributed by atoms with van der Waals surface area (Å²) in [5.74, 6) is 0.646. The van der Waals surface area contributed by atoms with Gasteiger partial charge >= 0.3 is 0 Å². The van der Waals surface area contributed by atoms with E-state index in [0.717, 1.165) is 16.7 Å². The number of hydrogen-bond donors (Lipinski definition) is 2. The maximum Gasteiger partial charge on any atom is 0.237 e. The van der Waals surface area contributed by atoms with Crippen LogP contribution in [0.1, 0.15) is 6.42 Å². The molecule has 0 aliphatic rings. The molecule has 18 heavy (non-hydrogen) atoms. The normalized spacial score (nSPS) is 10.3. The number of fused-ring (bicyclic) bond motifs is 1. The van der Waals surface area contributed by atoms with Gasteiger partial charge in [0.2, 0.25) is 5.91 Å². The lowest BCUT2D eigenvalue weighted by molar-refractivity contribution is -0.122. The van der Waals surface area contributed by atoms with E-state index in [1.54, 1.807) is 13.2 Å². The first-order valence-corrected chi connectivity index (χ1v) is 5.73. The minimum Gasteiger partial charge on any atom is -0.493 e. The number of nitrogens with zero attached hydrogens (tertiary/aromatic N) is 1. The molecule has 2 N–H and O–H groups in total. The van der Waals surface area contributed by atoms with Crippen LogP contribution in [0, 0.1) is 0 Å². The average Bonchev–Trinajstić information content (AvgIpc) is 2.39. The predicted molar refractivity (Wildman–Crippen MR) is 69.1 cm³/mol. The first-order chi connectivity index (χ1) is 8.79. The number of amides is 1. The van der Waals surface area contributed by atoms with Gasteiger partial charge in [-0.1, -0.05) is 6.07 Å². The topological polar surface area (TPSA) is 63.2 Å². The Morgan fingerprint density at radius 3 is 3.11 bits per heavy atom. The van der Waals surface area contributed by atoms with Crippen molar-refractivity contribution in [1.82, 2.24) is 15.8 Å². The zero-order valence-corrected chi connectivity index (χ0v) is 10.1. The molecule has 0 atom stereocenters. The molecule has 2 aromatic rings. The molecular formula is C13H15N3O2. The summed E-state index contributed by atoms with van der Waals surface area (Å²) in [6.07, 6.45) is 2.07. The Morgan fingerprint density at radius 2 is 2.28 bits per heavy atom. The van der Waals surface area contributed by atoms with E-state index in [1.165, 1.54) is 0 Å². The highest BCUT2D eigenvalue weighted by atomic mass is 16.5. The van der Waals surface area contributed by atoms with Crippen molar-refractivity contribution in [2.24, 2.45) is 0 Å². The highest BCUT2D eigenvalue weighted by Gasteiger charge is 2.01. The number of nitrogens with one attached hydrogen (secondary N) is 2. The Morgan fingerprint density at radius 1 is 1.39 bits per heavy atom. The van der Waals surface area contributed by atoms with Crippen molar-refractivity contribution in [2.45, 2.75) is 6.42 Å². The van der Waals surface area contributed by atoms with Crippen LogP contribution < -0.4 is 15.6 Å². The minimum atomic E-state index is -0.0973. The standard InChI is InChI=1S/C13H15N3O2/c1-14-16-13(17)6-8-18-11-4-5-12-10(9-11)3-2-7-15-12/h2-5,7,9,14H,6,8H2,1H3,(H,16,17). The van der Waals surface area contributed by atoms with Gasteiger partial charge in [-0.3, -0.25) is 15.2 Å². The fraction of sp³-hybridized carbons (Fsp3) is 0.231. The Labute approximate surface area is 105 Å². The third-order valence-corrected chi connectivity index (χ3v) is 2.44. The summed E-state index contributed by atoms with van der Waals surface area (Å²) in [7, 11) is 1.65. The smallest absolute Gasteiger partial charge is 0.237 e. The number of benzene rings is 1. The molecule has 1 heterocycles. The summed E-state index contributed by atoms with van der Waals surface area (Å²) in [5.41, 5.74) is 5.99. The largest absolute Gasteiger partial charge is 0.493 e. The molecule has 94 valence electrons. The summed E-state index contributed by atoms with van der Waals surface area (Å²) in [6.45, 7) is 0.347. The summed E-state index contributed by atoms with van der Waals surface area (Å²) in [4.78, 5) is 15.4. The third-order valence-electron chi connectivity index (χ3n) is 2.44. The Kier molecular flexibility index (Phi) is 4.09. The average molecular weight is 245 g/mol. The maximum absolute atomic E-state index is 11.2. The van der Waals surface area contributed by atoms with Crippen molar-refractivity contribution < 1.29 is 9.53 Å². The van der Waals surface area contributed by atoms with E-state index in [1.807, 2.05) is 30.3 Å². The van der Waals surface area contributed by atoms with Gasteiger partial charge in [-0.2, -0.15) is 0 Å². The van der Waals surface area contributed by atoms with E-state index < -0.39 is 0 Å². The molecule has 1 amide bonds. The highest BCUT2D eigenvalue weighted by molar-refractivity contribution is 5.79. The van der Waals surface area contributed by atoms with E-state index in [4.69, 9.17) is 4.74 Å². The zero-order chi connectivity index (χ0) is 12.8. The summed E-state index contributed by atoms with van der Waals surface area (Å²) in [5, 5.41) is 1.02. The van der Waals surface area contributed by atoms with Crippen LogP contribution in [0.2, 0.25) is 0 Å². The molecule has 0 saturated carbocycles. The molecule has 5 nitrogen and oxygen atoms in total. The number of carbonyl (C=O) groups excluding carboxylic acids is 1. The molecule has 0 fully saturated rings. The van der Waals surface area contributed by atoms with Gasteiger partial charge in [-0.05, 0) is 24.3 Å². The van der Waals surface area contributed by atoms with Gasteiger partial charge in [-0.25, -0.2) is 5.43 Å². The highest BCUT2D eigenvalue weighted by Crippen LogP contribution is 2.18. The van der Waals surface area contributed by atoms with E-state index >= 15 is 0 Å². The van der Waals surface area contributed by atoms with Crippen molar-refractivity contribution in [3.05, 3.63) is 36.5 Å². The molecule has 1 aromatic carbocycles. The van der Waals surface area contributed by atoms with Gasteiger partial charge in [0, 0.05) is 18.6 Å². The zero-order valence-electron chi connectivity index (χ0n) is 10.1. The summed E-state index contributed by atoms with van der Waals surface area (Å²) < 4.78 is 5.51. The van der Waals surface area contributed by atoms with E-state index in [0.29, 0.717) is 13.0 Å². The van der Waals surface area contributed by atoms with Gasteiger partial charge in [0.1, 0.15) is 5.75 Å². The maximum atomic E-state index is 11.2. The first kappa shape index (κ1) is 12.3. The molecule has 0 bridgehead atoms. The lowest BCUT2D eigenvalue weighted by Crippen LogP contribution is -2.34. The van der Waals surface area contributed by atoms with Crippen molar-refractivity contribution in [3.8, 4) is 5.75 Å². The van der Waals surface area contributed by atoms with Crippen molar-refractivity contribution in [3.63, 3.8) is 0 Å². The van der Waals surface area contributed by atoms with Gasteiger partial charge in [0.25, 0.3) is 0 Å². The van der Waals surface area contributed by atoms with Crippen LogP contribution in [0.3, 0.4) is 0 Å². The molecule has 0 radical (unpaired) electrons. The lowest BCUT2D eigenvalue weighted by Gasteiger charge is -2.07. The number of hydrazine groups is 1. The van der Waals surface area contributed by atoms with Crippen molar-refractivity contribution in [2.75, 3.05) is 13.7 Å². The Hall–Kier alpha value is -2.14. The number of aromatic nitrogens is 1. The second-order valence-corrected chi connectivity index (χ2v) is 3.75. The monoisotopic (exact) mass is 245 g/mol. The number of carbonyl (C=O) groups is 1. The number of pyridine rings is 1. The fourth-order valence-corrected chi connectivity index (χ4v) is 1.61. The van der Waals surface area contributed by atoms with E-state index in [2.05, 4.69) is 15.8 Å². The quantitative estimate of drug-likeness (QED) is 0.778. The molecule has 0 aliphatic carbocycles. The van der Waals surface area contributed by atoms with Gasteiger partial charge in [-0.15, -0.1) is 0 Å². The summed E-state index contributed by atoms with van der Waals surface area (Å²) >= 11 is 0. The molecule has 0 saturated heterocycles. The summed E-state index contributed by atoms with van der Waals surface area (Å²) in [6, 6.07) is 9.53. The minimum absolute atomic E-state index is 0.0973. The van der Waals surface area contributed by atoms with Crippen LogP contribution in [-0.2, 0) is 4.79 Å². The molecule has 0 aliphatic heterocycles. The number of ether oxygens (including phenoxy) is 1. The van der Waals surface area contributed by atoms with Crippen LogP contribution in [0.5, 0.6) is 5.75 Å². The van der Waals surface area contributed by atoms with Crippen LogP contribution in [0.25, 0.3) is 10.9 Å². The van der Waals surface area contributed by atoms with Crippen LogP contribution in [0.4, 0.5) is 0 Å². The van der Waals surface area contributed by atoms with E-state index in [9.17, 15) is 4.79 Å². The van der Waals surface area contributed by atoms with E-state index in [-0.39, 0.29) is 5.91 Å². The SMILES string of the molecule is CNNC(=O)CCOc1ccc2ncccc2c1. The Balaban J connectivity index is 1.93. The molecule has 5 heteroatoms. The molecule has 2 rings (SSSR count). The molecule has 1 aromatic heterocycles. The third kappa shape index (κ3) is 3.18. The molecular weight excluding hydrogens is 230 g/mol. The van der Waals surface area contributed by atoms with Crippen molar-refractivity contribution >= 4 is 16.8 Å². The van der Waals surface area contributed by atoms with Gasteiger partial charge in [0.05, 0.1) is 18.5 Å². The predicted octanol–water partition coefficient (Wildman–Crippen LogP) is 1.25. The van der Waals surface area contributed by atoms with Crippen LogP contribution in [-0.4, -0.2) is 24.5 Å². The van der Waals surface area contributed by atoms with Crippen LogP contribution >= 0.6 is 0 Å². The van der Waals surface area contributed by atoms with Crippen LogP contribution in [0.15, 0.2) is 36.5 Å². The number of hydrogen-bond acceptors (Lipinski definition) is 4. The van der Waals surface area contributed by atoms with Gasteiger partial charge < -0.3 is 4.74 Å². The van der Waals surface area contributed by atoms with Crippen molar-refractivity contribution in [1.29, 1.82) is 0 Å². The Bertz CT molecular complexity index is 543. The fourth-order valence-electron chi connectivity index (χ4n) is 1.61. The molecule has 0 unspecified atom stereocenters. The first-order valence-electron chi connectivity index (χ1n) is 5.73. The lowest BCUT2D eigenvalue weighted by atomic mass is 10.2. The molecule has 0 spiro atoms. The second-order valence-electron chi connectivity index (χ2n) is 3.75.